The van der Waals surface area contributed by atoms with Gasteiger partial charge in [-0.1, -0.05) is 18.2 Å². The van der Waals surface area contributed by atoms with Crippen LogP contribution in [0.25, 0.3) is 27.9 Å². The van der Waals surface area contributed by atoms with Crippen LogP contribution in [0.2, 0.25) is 0 Å². The number of ether oxygens (including phenoxy) is 5. The smallest absolute Gasteiger partial charge is 0.410 e. The van der Waals surface area contributed by atoms with Gasteiger partial charge in [-0.3, -0.25) is 0 Å². The summed E-state index contributed by atoms with van der Waals surface area (Å²) in [6, 6.07) is 9.54. The normalized spacial score (nSPS) is 16.2. The van der Waals surface area contributed by atoms with Crippen molar-refractivity contribution in [3.8, 4) is 22.9 Å². The Bertz CT molecular complexity index is 1880. The third-order valence-electron chi connectivity index (χ3n) is 8.42. The average molecular weight is 672 g/mol. The average Bonchev–Trinajstić information content (AvgIpc) is 3.48. The van der Waals surface area contributed by atoms with Crippen LogP contribution in [0, 0.1) is 0 Å². The van der Waals surface area contributed by atoms with Gasteiger partial charge in [0.1, 0.15) is 11.4 Å². The predicted molar refractivity (Wildman–Crippen MR) is 181 cm³/mol. The number of para-hydroxylation sites is 1. The Labute approximate surface area is 284 Å². The zero-order valence-electron chi connectivity index (χ0n) is 28.6. The summed E-state index contributed by atoms with van der Waals surface area (Å²) in [5, 5.41) is 9.98. The van der Waals surface area contributed by atoms with E-state index < -0.39 is 11.6 Å². The molecule has 1 N–H and O–H groups in total. The molecule has 3 aromatic heterocycles. The number of carbonyl (C=O) groups is 2. The third-order valence-corrected chi connectivity index (χ3v) is 8.42. The molecule has 0 bridgehead atoms. The summed E-state index contributed by atoms with van der Waals surface area (Å²) in [6.07, 6.45) is 4.54. The van der Waals surface area contributed by atoms with Crippen molar-refractivity contribution < 1.29 is 33.3 Å². The molecule has 0 aliphatic carbocycles. The zero-order valence-corrected chi connectivity index (χ0v) is 28.6. The van der Waals surface area contributed by atoms with E-state index in [0.29, 0.717) is 61.1 Å². The van der Waals surface area contributed by atoms with Gasteiger partial charge in [0.15, 0.2) is 19.0 Å². The van der Waals surface area contributed by atoms with E-state index in [1.54, 1.807) is 18.2 Å². The second kappa shape index (κ2) is 14.1. The molecule has 5 heterocycles. The number of nitrogens with zero attached hydrogens (tertiary/aromatic N) is 6. The van der Waals surface area contributed by atoms with Crippen molar-refractivity contribution in [3.05, 3.63) is 59.4 Å². The molecular formula is C35H41N7O7. The number of carbonyl (C=O) groups excluding carboxylic acids is 2. The van der Waals surface area contributed by atoms with Crippen LogP contribution in [0.3, 0.4) is 0 Å². The van der Waals surface area contributed by atoms with Gasteiger partial charge in [-0.2, -0.15) is 4.98 Å². The van der Waals surface area contributed by atoms with Crippen LogP contribution >= 0.6 is 0 Å². The highest BCUT2D eigenvalue weighted by molar-refractivity contribution is 5.86. The maximum absolute atomic E-state index is 12.6. The van der Waals surface area contributed by atoms with Gasteiger partial charge in [-0.15, -0.1) is 10.2 Å². The van der Waals surface area contributed by atoms with E-state index in [1.165, 1.54) is 7.11 Å². The fourth-order valence-electron chi connectivity index (χ4n) is 6.07. The highest BCUT2D eigenvalue weighted by atomic mass is 16.7. The number of rotatable bonds is 9. The lowest BCUT2D eigenvalue weighted by Crippen LogP contribution is -2.39. The number of esters is 1. The Morgan fingerprint density at radius 3 is 2.59 bits per heavy atom. The molecule has 1 atom stereocenters. The second-order valence-corrected chi connectivity index (χ2v) is 12.8. The van der Waals surface area contributed by atoms with Crippen LogP contribution in [0.1, 0.15) is 57.0 Å². The molecule has 0 fully saturated rings. The Morgan fingerprint density at radius 2 is 1.86 bits per heavy atom. The number of fused-ring (bicyclic) bond motifs is 3. The van der Waals surface area contributed by atoms with E-state index in [-0.39, 0.29) is 31.4 Å². The number of hydrogen-bond donors (Lipinski definition) is 1. The molecule has 1 aromatic carbocycles. The number of hydrogen-bond acceptors (Lipinski definition) is 12. The molecule has 258 valence electrons. The van der Waals surface area contributed by atoms with Crippen LogP contribution < -0.4 is 14.4 Å². The largest absolute Gasteiger partial charge is 0.467 e. The number of methoxy groups -OCH3 is 2. The Hall–Kier alpha value is -5.24. The van der Waals surface area contributed by atoms with Crippen LogP contribution in [0.15, 0.2) is 42.6 Å². The van der Waals surface area contributed by atoms with Crippen LogP contribution in [-0.2, 0) is 25.4 Å². The molecule has 49 heavy (non-hydrogen) atoms. The van der Waals surface area contributed by atoms with Crippen molar-refractivity contribution in [2.24, 2.45) is 0 Å². The Kier molecular flexibility index (Phi) is 9.67. The number of nitrogens with one attached hydrogen (secondary N) is 1. The van der Waals surface area contributed by atoms with Gasteiger partial charge in [-0.05, 0) is 57.9 Å². The lowest BCUT2D eigenvalue weighted by molar-refractivity contribution is -0.143. The first-order chi connectivity index (χ1) is 23.6. The summed E-state index contributed by atoms with van der Waals surface area (Å²) in [4.78, 5) is 41.6. The van der Waals surface area contributed by atoms with Gasteiger partial charge in [0.25, 0.3) is 0 Å². The highest BCUT2D eigenvalue weighted by Gasteiger charge is 2.32. The first-order valence-corrected chi connectivity index (χ1v) is 16.2. The van der Waals surface area contributed by atoms with E-state index >= 15 is 0 Å². The molecule has 14 heteroatoms. The molecule has 1 amide bonds. The van der Waals surface area contributed by atoms with Gasteiger partial charge in [-0.25, -0.2) is 14.6 Å². The number of aromatic amines is 1. The quantitative estimate of drug-likeness (QED) is 0.186. The topological polar surface area (TPSA) is 154 Å². The monoisotopic (exact) mass is 671 g/mol. The van der Waals surface area contributed by atoms with Crippen molar-refractivity contribution in [2.75, 3.05) is 52.2 Å². The first-order valence-electron chi connectivity index (χ1n) is 16.2. The fraction of sp³-hybridized carbons (Fsp3) is 0.429. The third kappa shape index (κ3) is 7.28. The van der Waals surface area contributed by atoms with E-state index in [1.807, 2.05) is 57.2 Å². The lowest BCUT2D eigenvalue weighted by Gasteiger charge is -2.34. The number of aromatic nitrogens is 5. The first kappa shape index (κ1) is 33.7. The molecule has 0 radical (unpaired) electrons. The maximum atomic E-state index is 12.6. The Morgan fingerprint density at radius 1 is 1.04 bits per heavy atom. The molecule has 2 aliphatic heterocycles. The minimum absolute atomic E-state index is 0.115. The van der Waals surface area contributed by atoms with E-state index in [9.17, 15) is 9.59 Å². The molecule has 6 rings (SSSR count). The number of H-pyrrole nitrogens is 1. The molecular weight excluding hydrogens is 630 g/mol. The highest BCUT2D eigenvalue weighted by Crippen LogP contribution is 2.39. The van der Waals surface area contributed by atoms with Gasteiger partial charge in [0.05, 0.1) is 24.4 Å². The molecule has 0 unspecified atom stereocenters. The molecule has 2 aliphatic rings. The van der Waals surface area contributed by atoms with Crippen molar-refractivity contribution in [1.29, 1.82) is 0 Å². The van der Waals surface area contributed by atoms with Crippen molar-refractivity contribution in [3.63, 3.8) is 0 Å². The molecule has 0 saturated heterocycles. The summed E-state index contributed by atoms with van der Waals surface area (Å²) in [7, 11) is 2.88. The van der Waals surface area contributed by atoms with Crippen LogP contribution in [0.4, 0.5) is 10.7 Å². The predicted octanol–water partition coefficient (Wildman–Crippen LogP) is 5.10. The van der Waals surface area contributed by atoms with Gasteiger partial charge in [0, 0.05) is 61.6 Å². The fourth-order valence-corrected chi connectivity index (χ4v) is 6.07. The maximum Gasteiger partial charge on any atom is 0.410 e. The van der Waals surface area contributed by atoms with E-state index in [0.717, 1.165) is 27.8 Å². The van der Waals surface area contributed by atoms with E-state index in [2.05, 4.69) is 27.0 Å². The Balaban J connectivity index is 1.30. The van der Waals surface area contributed by atoms with Crippen LogP contribution in [0.5, 0.6) is 11.6 Å². The zero-order chi connectivity index (χ0) is 34.7. The van der Waals surface area contributed by atoms with Gasteiger partial charge in [0.2, 0.25) is 11.8 Å². The molecule has 14 nitrogen and oxygen atoms in total. The summed E-state index contributed by atoms with van der Waals surface area (Å²) in [5.41, 5.74) is 5.32. The summed E-state index contributed by atoms with van der Waals surface area (Å²) < 4.78 is 27.2. The van der Waals surface area contributed by atoms with Gasteiger partial charge >= 0.3 is 12.1 Å². The minimum atomic E-state index is -0.584. The number of benzene rings is 1. The summed E-state index contributed by atoms with van der Waals surface area (Å²) in [6.45, 7) is 8.89. The number of amides is 1. The van der Waals surface area contributed by atoms with Crippen molar-refractivity contribution in [2.45, 2.75) is 52.2 Å². The standard InChI is InChI=1S/C35H41N7O7/c1-21-30-24-17-27(23-9-7-8-10-28(23)48-20-45-5)39-40-31(24)37-26(30)13-16-42(21)33-36-18-25(32(38-33)47-19-29(43)46-6)22-11-14-41(15-12-22)34(44)49-35(2,3)4/h7-11,17-18,21H,12-16,19-20H2,1-6H3,(H,37,40)/t21-/m1/s1. The lowest BCUT2D eigenvalue weighted by atomic mass is 9.97. The van der Waals surface area contributed by atoms with Crippen molar-refractivity contribution in [1.82, 2.24) is 30.0 Å². The number of anilines is 1. The van der Waals surface area contributed by atoms with Crippen molar-refractivity contribution >= 4 is 34.6 Å². The molecule has 0 saturated carbocycles. The van der Waals surface area contributed by atoms with Crippen LogP contribution in [-0.4, -0.2) is 95.0 Å². The SMILES string of the molecule is COCOc1ccccc1-c1cc2c3c([nH]c2nn1)CCN(c1ncc(C2=CCN(C(=O)OC(C)(C)C)CC2)c(OCC(=O)OC)n1)[C@@H]3C. The molecule has 0 spiro atoms. The minimum Gasteiger partial charge on any atom is -0.467 e. The van der Waals surface area contributed by atoms with E-state index in [4.69, 9.17) is 33.7 Å². The van der Waals surface area contributed by atoms with Gasteiger partial charge < -0.3 is 38.5 Å². The summed E-state index contributed by atoms with van der Waals surface area (Å²) >= 11 is 0. The second-order valence-electron chi connectivity index (χ2n) is 12.8. The summed E-state index contributed by atoms with van der Waals surface area (Å²) in [5.74, 6) is 0.852. The molecule has 4 aromatic rings.